The molecule has 3 N–H and O–H groups in total. The van der Waals surface area contributed by atoms with Gasteiger partial charge in [0, 0.05) is 6.04 Å². The predicted molar refractivity (Wildman–Crippen MR) is 65.8 cm³/mol. The number of carbonyl (C=O) groups is 1. The van der Waals surface area contributed by atoms with E-state index < -0.39 is 0 Å². The molecular formula is C12H22N2O6. The second kappa shape index (κ2) is 7.87. The third kappa shape index (κ3) is 4.65. The number of hydrogen-bond acceptors (Lipinski definition) is 8. The normalized spacial score (nSPS) is 28.9. The van der Waals surface area contributed by atoms with Crippen molar-refractivity contribution in [2.75, 3.05) is 26.4 Å². The maximum Gasteiger partial charge on any atom is 0.323 e. The summed E-state index contributed by atoms with van der Waals surface area (Å²) in [4.78, 5) is 16.1. The van der Waals surface area contributed by atoms with Gasteiger partial charge in [0.05, 0.1) is 25.2 Å². The lowest BCUT2D eigenvalue weighted by Crippen LogP contribution is -2.37. The maximum absolute atomic E-state index is 11.8. The van der Waals surface area contributed by atoms with Crippen LogP contribution in [-0.4, -0.2) is 60.3 Å². The van der Waals surface area contributed by atoms with Crippen molar-refractivity contribution in [3.8, 4) is 0 Å². The second-order valence-corrected chi connectivity index (χ2v) is 5.12. The van der Waals surface area contributed by atoms with Crippen LogP contribution in [0.25, 0.3) is 0 Å². The highest BCUT2D eigenvalue weighted by atomic mass is 17.1. The Kier molecular flexibility index (Phi) is 6.14. The summed E-state index contributed by atoms with van der Waals surface area (Å²) in [5.74, 6) is 0.414. The van der Waals surface area contributed by atoms with Crippen LogP contribution in [0.4, 0.5) is 0 Å². The summed E-state index contributed by atoms with van der Waals surface area (Å²) in [6.07, 6.45) is 4.49. The highest BCUT2D eigenvalue weighted by molar-refractivity contribution is 5.76. The summed E-state index contributed by atoms with van der Waals surface area (Å²) in [5, 5.41) is 19.5. The zero-order chi connectivity index (χ0) is 14.4. The molecule has 2 fully saturated rings. The minimum absolute atomic E-state index is 0.00842. The zero-order valence-electron chi connectivity index (χ0n) is 11.4. The largest absolute Gasteiger partial charge is 0.462 e. The van der Waals surface area contributed by atoms with E-state index in [2.05, 4.69) is 10.2 Å². The molecule has 8 heteroatoms. The molecule has 0 radical (unpaired) electrons. The average Bonchev–Trinajstić information content (AvgIpc) is 2.97. The molecule has 2 rings (SSSR count). The summed E-state index contributed by atoms with van der Waals surface area (Å²) in [6, 6.07) is 0.312. The first-order valence-electron chi connectivity index (χ1n) is 6.98. The van der Waals surface area contributed by atoms with Crippen LogP contribution in [0.1, 0.15) is 25.7 Å². The highest BCUT2D eigenvalue weighted by Crippen LogP contribution is 2.34. The molecule has 116 valence electrons. The molecule has 1 saturated heterocycles. The van der Waals surface area contributed by atoms with Crippen molar-refractivity contribution in [2.45, 2.75) is 37.8 Å². The van der Waals surface area contributed by atoms with Gasteiger partial charge in [-0.3, -0.25) is 15.2 Å². The predicted octanol–water partition coefficient (Wildman–Crippen LogP) is 0.0888. The number of ether oxygens (including phenoxy) is 2. The Morgan fingerprint density at radius 3 is 2.75 bits per heavy atom. The lowest BCUT2D eigenvalue weighted by Gasteiger charge is -2.12. The van der Waals surface area contributed by atoms with E-state index in [-0.39, 0.29) is 43.8 Å². The molecule has 8 nitrogen and oxygen atoms in total. The molecule has 0 spiro atoms. The Balaban J connectivity index is 1.49. The summed E-state index contributed by atoms with van der Waals surface area (Å²) >= 11 is 0. The molecule has 1 aliphatic carbocycles. The molecule has 1 saturated carbocycles. The Labute approximate surface area is 117 Å². The molecule has 1 heterocycles. The molecule has 0 aromatic carbocycles. The van der Waals surface area contributed by atoms with E-state index in [1.807, 2.05) is 0 Å². The van der Waals surface area contributed by atoms with E-state index in [1.54, 1.807) is 0 Å². The first-order valence-corrected chi connectivity index (χ1v) is 6.98. The molecule has 3 atom stereocenters. The van der Waals surface area contributed by atoms with Gasteiger partial charge < -0.3 is 14.8 Å². The van der Waals surface area contributed by atoms with Crippen molar-refractivity contribution in [1.82, 2.24) is 10.7 Å². The quantitative estimate of drug-likeness (QED) is 0.328. The van der Waals surface area contributed by atoms with Gasteiger partial charge in [-0.15, -0.1) is 0 Å². The van der Waals surface area contributed by atoms with Crippen LogP contribution in [-0.2, 0) is 19.1 Å². The number of hydrogen-bond donors (Lipinski definition) is 3. The third-order valence-corrected chi connectivity index (χ3v) is 3.80. The van der Waals surface area contributed by atoms with Crippen molar-refractivity contribution in [3.63, 3.8) is 0 Å². The van der Waals surface area contributed by atoms with E-state index in [0.717, 1.165) is 12.8 Å². The molecule has 2 aliphatic rings. The first kappa shape index (κ1) is 15.6. The van der Waals surface area contributed by atoms with E-state index >= 15 is 0 Å². The van der Waals surface area contributed by atoms with Crippen molar-refractivity contribution < 1.29 is 29.5 Å². The minimum atomic E-state index is -0.369. The summed E-state index contributed by atoms with van der Waals surface area (Å²) in [6.45, 7) is 0.634. The van der Waals surface area contributed by atoms with Crippen LogP contribution in [0.5, 0.6) is 0 Å². The van der Waals surface area contributed by atoms with Gasteiger partial charge in [0.25, 0.3) is 0 Å². The van der Waals surface area contributed by atoms with Crippen LogP contribution in [0, 0.1) is 5.92 Å². The summed E-state index contributed by atoms with van der Waals surface area (Å²) < 4.78 is 10.2. The van der Waals surface area contributed by atoms with Crippen LogP contribution in [0.2, 0.25) is 0 Å². The topological polar surface area (TPSA) is 100 Å². The average molecular weight is 290 g/mol. The molecule has 0 aromatic rings. The molecule has 0 aromatic heterocycles. The monoisotopic (exact) mass is 290 g/mol. The first-order chi connectivity index (χ1) is 9.66. The summed E-state index contributed by atoms with van der Waals surface area (Å²) in [7, 11) is 0. The molecule has 0 bridgehead atoms. The lowest BCUT2D eigenvalue weighted by molar-refractivity contribution is -0.493. The number of fused-ring (bicyclic) bond motifs is 1. The van der Waals surface area contributed by atoms with Crippen LogP contribution in [0.3, 0.4) is 0 Å². The Hall–Kier alpha value is -0.770. The van der Waals surface area contributed by atoms with Crippen LogP contribution in [0.15, 0.2) is 0 Å². The number of nitrogens with zero attached hydrogens (tertiary/aromatic N) is 1. The fourth-order valence-corrected chi connectivity index (χ4v) is 2.91. The molecule has 0 amide bonds. The van der Waals surface area contributed by atoms with Gasteiger partial charge in [-0.25, -0.2) is 4.84 Å². The smallest absolute Gasteiger partial charge is 0.323 e. The number of carbonyl (C=O) groups excluding carboxylic acids is 1. The van der Waals surface area contributed by atoms with E-state index in [1.165, 1.54) is 12.8 Å². The maximum atomic E-state index is 11.8. The van der Waals surface area contributed by atoms with Gasteiger partial charge >= 0.3 is 5.97 Å². The Bertz CT molecular complexity index is 302. The highest BCUT2D eigenvalue weighted by Gasteiger charge is 2.40. The van der Waals surface area contributed by atoms with Crippen molar-refractivity contribution in [1.29, 1.82) is 0 Å². The van der Waals surface area contributed by atoms with Gasteiger partial charge in [0.1, 0.15) is 12.6 Å². The second-order valence-electron chi connectivity index (χ2n) is 5.12. The molecule has 1 aliphatic heterocycles. The SMILES string of the molecule is O=C(OCCOCCON(O)O)C1C[C@@H]2CCC[C@@H]2N1. The zero-order valence-corrected chi connectivity index (χ0v) is 11.4. The standard InChI is InChI=1S/C12H22N2O6/c15-12(11-8-9-2-1-3-10(9)13-11)19-6-4-18-5-7-20-14(16)17/h9-11,13,16-17H,1-8H2/t9-,10-,11?/m0/s1. The Morgan fingerprint density at radius 1 is 1.20 bits per heavy atom. The minimum Gasteiger partial charge on any atom is -0.462 e. The molecule has 20 heavy (non-hydrogen) atoms. The third-order valence-electron chi connectivity index (χ3n) is 3.80. The van der Waals surface area contributed by atoms with E-state index in [0.29, 0.717) is 12.0 Å². The van der Waals surface area contributed by atoms with Gasteiger partial charge in [-0.05, 0) is 25.2 Å². The molecular weight excluding hydrogens is 268 g/mol. The van der Waals surface area contributed by atoms with Gasteiger partial charge in [-0.1, -0.05) is 6.42 Å². The molecule has 1 unspecified atom stereocenters. The lowest BCUT2D eigenvalue weighted by atomic mass is 10.0. The van der Waals surface area contributed by atoms with Gasteiger partial charge in [0.2, 0.25) is 0 Å². The van der Waals surface area contributed by atoms with Crippen LogP contribution >= 0.6 is 0 Å². The van der Waals surface area contributed by atoms with Crippen molar-refractivity contribution >= 4 is 5.97 Å². The van der Waals surface area contributed by atoms with Crippen molar-refractivity contribution in [3.05, 3.63) is 0 Å². The van der Waals surface area contributed by atoms with Gasteiger partial charge in [-0.2, -0.15) is 0 Å². The van der Waals surface area contributed by atoms with Gasteiger partial charge in [0.15, 0.2) is 0 Å². The summed E-state index contributed by atoms with van der Waals surface area (Å²) in [5.41, 5.74) is 0. The number of esters is 1. The number of rotatable bonds is 8. The van der Waals surface area contributed by atoms with Crippen LogP contribution < -0.4 is 5.32 Å². The van der Waals surface area contributed by atoms with Crippen molar-refractivity contribution in [2.24, 2.45) is 5.92 Å². The fourth-order valence-electron chi connectivity index (χ4n) is 2.91. The van der Waals surface area contributed by atoms with E-state index in [9.17, 15) is 4.79 Å². The number of nitrogens with one attached hydrogen (secondary N) is 1. The van der Waals surface area contributed by atoms with E-state index in [4.69, 9.17) is 19.9 Å². The fraction of sp³-hybridized carbons (Fsp3) is 0.917. The Morgan fingerprint density at radius 2 is 2.00 bits per heavy atom.